The van der Waals surface area contributed by atoms with E-state index in [2.05, 4.69) is 17.1 Å². The molecule has 1 aromatic carbocycles. The summed E-state index contributed by atoms with van der Waals surface area (Å²) >= 11 is 0. The van der Waals surface area contributed by atoms with Gasteiger partial charge < -0.3 is 15.2 Å². The van der Waals surface area contributed by atoms with E-state index in [1.165, 1.54) is 6.42 Å². The highest BCUT2D eigenvalue weighted by Crippen LogP contribution is 2.36. The number of rotatable bonds is 4. The number of phenols is 1. The highest BCUT2D eigenvalue weighted by atomic mass is 16.5. The van der Waals surface area contributed by atoms with Crippen molar-refractivity contribution in [1.82, 2.24) is 10.2 Å². The molecule has 2 saturated heterocycles. The van der Waals surface area contributed by atoms with Gasteiger partial charge in [0.05, 0.1) is 7.11 Å². The molecule has 3 unspecified atom stereocenters. The van der Waals surface area contributed by atoms with Gasteiger partial charge in [-0.05, 0) is 37.4 Å². The zero-order valence-corrected chi connectivity index (χ0v) is 12.3. The number of nitrogens with one attached hydrogen (secondary N) is 1. The Balaban J connectivity index is 1.74. The molecular formula is C16H24N2O2. The van der Waals surface area contributed by atoms with Crippen molar-refractivity contribution in [1.29, 1.82) is 0 Å². The van der Waals surface area contributed by atoms with Gasteiger partial charge in [-0.3, -0.25) is 4.90 Å². The molecule has 2 heterocycles. The first-order valence-electron chi connectivity index (χ1n) is 7.53. The Bertz CT molecular complexity index is 478. The molecule has 4 heteroatoms. The number of phenolic OH excluding ortho intramolecular Hbond substituents is 1. The first-order chi connectivity index (χ1) is 9.72. The summed E-state index contributed by atoms with van der Waals surface area (Å²) in [6.45, 7) is 6.54. The number of hydrogen-bond acceptors (Lipinski definition) is 4. The number of ether oxygens (including phenoxy) is 1. The Labute approximate surface area is 120 Å². The molecule has 2 aliphatic rings. The van der Waals surface area contributed by atoms with Crippen LogP contribution >= 0.6 is 0 Å². The molecule has 2 N–H and O–H groups in total. The van der Waals surface area contributed by atoms with E-state index < -0.39 is 0 Å². The van der Waals surface area contributed by atoms with Gasteiger partial charge in [-0.15, -0.1) is 0 Å². The molecule has 2 fully saturated rings. The molecule has 0 aromatic heterocycles. The molecule has 4 nitrogen and oxygen atoms in total. The van der Waals surface area contributed by atoms with E-state index in [1.54, 1.807) is 13.2 Å². The minimum absolute atomic E-state index is 0.342. The van der Waals surface area contributed by atoms with Gasteiger partial charge in [0.2, 0.25) is 0 Å². The van der Waals surface area contributed by atoms with E-state index in [0.717, 1.165) is 43.6 Å². The molecule has 0 saturated carbocycles. The fraction of sp³-hybridized carbons (Fsp3) is 0.625. The zero-order chi connectivity index (χ0) is 14.1. The number of benzene rings is 1. The third-order valence-electron chi connectivity index (χ3n) is 4.91. The average Bonchev–Trinajstić information content (AvgIpc) is 3.01. The third-order valence-corrected chi connectivity index (χ3v) is 4.91. The van der Waals surface area contributed by atoms with E-state index >= 15 is 0 Å². The first kappa shape index (κ1) is 13.7. The Morgan fingerprint density at radius 2 is 2.25 bits per heavy atom. The average molecular weight is 276 g/mol. The Hall–Kier alpha value is -1.26. The van der Waals surface area contributed by atoms with Gasteiger partial charge in [0.15, 0.2) is 0 Å². The van der Waals surface area contributed by atoms with Crippen LogP contribution in [0.3, 0.4) is 0 Å². The van der Waals surface area contributed by atoms with Crippen LogP contribution in [0.4, 0.5) is 0 Å². The summed E-state index contributed by atoms with van der Waals surface area (Å²) in [5, 5.41) is 13.6. The normalized spacial score (nSPS) is 29.6. The molecule has 3 rings (SSSR count). The molecule has 1 aromatic rings. The minimum Gasteiger partial charge on any atom is -0.507 e. The molecule has 0 radical (unpaired) electrons. The fourth-order valence-electron chi connectivity index (χ4n) is 3.88. The lowest BCUT2D eigenvalue weighted by Crippen LogP contribution is -2.34. The molecule has 3 atom stereocenters. The van der Waals surface area contributed by atoms with Crippen LogP contribution in [0.25, 0.3) is 0 Å². The Morgan fingerprint density at radius 3 is 2.95 bits per heavy atom. The molecule has 0 bridgehead atoms. The highest BCUT2D eigenvalue weighted by molar-refractivity contribution is 5.39. The molecule has 0 aliphatic carbocycles. The van der Waals surface area contributed by atoms with Crippen LogP contribution in [0.5, 0.6) is 11.5 Å². The standard InChI is InChI=1S/C16H24N2O2/c1-3-15-14-8-17-7-12(14)10-18(15)9-11-4-5-13(20-2)6-16(11)19/h4-6,12,14-15,17,19H,3,7-10H2,1-2H3. The summed E-state index contributed by atoms with van der Waals surface area (Å²) < 4.78 is 5.14. The minimum atomic E-state index is 0.342. The molecule has 0 amide bonds. The van der Waals surface area contributed by atoms with Crippen LogP contribution in [0.2, 0.25) is 0 Å². The topological polar surface area (TPSA) is 44.7 Å². The molecule has 110 valence electrons. The third kappa shape index (κ3) is 2.38. The maximum Gasteiger partial charge on any atom is 0.123 e. The van der Waals surface area contributed by atoms with Gasteiger partial charge in [-0.1, -0.05) is 13.0 Å². The van der Waals surface area contributed by atoms with Crippen molar-refractivity contribution in [2.24, 2.45) is 11.8 Å². The first-order valence-corrected chi connectivity index (χ1v) is 7.53. The van der Waals surface area contributed by atoms with Crippen LogP contribution in [0.1, 0.15) is 18.9 Å². The van der Waals surface area contributed by atoms with Crippen molar-refractivity contribution in [2.75, 3.05) is 26.7 Å². The number of methoxy groups -OCH3 is 1. The largest absolute Gasteiger partial charge is 0.507 e. The second kappa shape index (κ2) is 5.62. The maximum absolute atomic E-state index is 10.1. The Morgan fingerprint density at radius 1 is 1.40 bits per heavy atom. The van der Waals surface area contributed by atoms with Crippen LogP contribution in [-0.4, -0.2) is 42.8 Å². The summed E-state index contributed by atoms with van der Waals surface area (Å²) in [6, 6.07) is 6.24. The van der Waals surface area contributed by atoms with E-state index in [4.69, 9.17) is 4.74 Å². The lowest BCUT2D eigenvalue weighted by atomic mass is 9.93. The highest BCUT2D eigenvalue weighted by Gasteiger charge is 2.42. The van der Waals surface area contributed by atoms with Gasteiger partial charge in [0.1, 0.15) is 11.5 Å². The molecular weight excluding hydrogens is 252 g/mol. The summed E-state index contributed by atoms with van der Waals surface area (Å²) in [6.07, 6.45) is 1.18. The predicted molar refractivity (Wildman–Crippen MR) is 79.0 cm³/mol. The summed E-state index contributed by atoms with van der Waals surface area (Å²) in [5.74, 6) is 2.61. The zero-order valence-electron chi connectivity index (χ0n) is 12.3. The number of nitrogens with zero attached hydrogens (tertiary/aromatic N) is 1. The predicted octanol–water partition coefficient (Wildman–Crippen LogP) is 1.83. The van der Waals surface area contributed by atoms with Crippen LogP contribution in [0.15, 0.2) is 18.2 Å². The van der Waals surface area contributed by atoms with Gasteiger partial charge in [0, 0.05) is 30.8 Å². The maximum atomic E-state index is 10.1. The summed E-state index contributed by atoms with van der Waals surface area (Å²) in [7, 11) is 1.62. The quantitative estimate of drug-likeness (QED) is 0.880. The lowest BCUT2D eigenvalue weighted by molar-refractivity contribution is 0.208. The monoisotopic (exact) mass is 276 g/mol. The summed E-state index contributed by atoms with van der Waals surface area (Å²) in [4.78, 5) is 2.54. The SMILES string of the molecule is CCC1C2CNCC2CN1Cc1ccc(OC)cc1O. The van der Waals surface area contributed by atoms with Crippen LogP contribution in [-0.2, 0) is 6.54 Å². The second-order valence-electron chi connectivity index (χ2n) is 5.98. The van der Waals surface area contributed by atoms with E-state index in [0.29, 0.717) is 17.5 Å². The van der Waals surface area contributed by atoms with Crippen molar-refractivity contribution >= 4 is 0 Å². The van der Waals surface area contributed by atoms with Crippen molar-refractivity contribution in [2.45, 2.75) is 25.9 Å². The van der Waals surface area contributed by atoms with Gasteiger partial charge >= 0.3 is 0 Å². The van der Waals surface area contributed by atoms with E-state index in [9.17, 15) is 5.11 Å². The lowest BCUT2D eigenvalue weighted by Gasteiger charge is -2.27. The van der Waals surface area contributed by atoms with Crippen molar-refractivity contribution < 1.29 is 9.84 Å². The fourth-order valence-corrected chi connectivity index (χ4v) is 3.88. The second-order valence-corrected chi connectivity index (χ2v) is 5.98. The summed E-state index contributed by atoms with van der Waals surface area (Å²) in [5.41, 5.74) is 0.997. The van der Waals surface area contributed by atoms with Crippen LogP contribution < -0.4 is 10.1 Å². The number of hydrogen-bond donors (Lipinski definition) is 2. The molecule has 0 spiro atoms. The van der Waals surface area contributed by atoms with Crippen molar-refractivity contribution in [3.63, 3.8) is 0 Å². The smallest absolute Gasteiger partial charge is 0.123 e. The Kier molecular flexibility index (Phi) is 3.85. The van der Waals surface area contributed by atoms with Gasteiger partial charge in [-0.25, -0.2) is 0 Å². The van der Waals surface area contributed by atoms with Crippen molar-refractivity contribution in [3.8, 4) is 11.5 Å². The number of fused-ring (bicyclic) bond motifs is 1. The van der Waals surface area contributed by atoms with Crippen molar-refractivity contribution in [3.05, 3.63) is 23.8 Å². The van der Waals surface area contributed by atoms with E-state index in [1.807, 2.05) is 12.1 Å². The van der Waals surface area contributed by atoms with Gasteiger partial charge in [0.25, 0.3) is 0 Å². The number of likely N-dealkylation sites (tertiary alicyclic amines) is 1. The molecule has 20 heavy (non-hydrogen) atoms. The van der Waals surface area contributed by atoms with Gasteiger partial charge in [-0.2, -0.15) is 0 Å². The van der Waals surface area contributed by atoms with Crippen LogP contribution in [0, 0.1) is 11.8 Å². The molecule has 2 aliphatic heterocycles. The van der Waals surface area contributed by atoms with E-state index in [-0.39, 0.29) is 0 Å². The number of aromatic hydroxyl groups is 1.